The molecule has 4 heteroatoms. The summed E-state index contributed by atoms with van der Waals surface area (Å²) in [5.41, 5.74) is -0.500. The second kappa shape index (κ2) is 6.41. The first kappa shape index (κ1) is 15.3. The standard InChI is InChI=1S/C14H27NO3/c1-10(15-13(17)18-14(2,3)4)12(16)11-8-6-5-7-9-11/h10-12,16H,5-9H2,1-4H3,(H,15,17)/t10-,12-/m0/s1. The van der Waals surface area contributed by atoms with Crippen LogP contribution in [-0.4, -0.2) is 28.9 Å². The third kappa shape index (κ3) is 5.25. The van der Waals surface area contributed by atoms with Crippen molar-refractivity contribution in [1.82, 2.24) is 5.32 Å². The van der Waals surface area contributed by atoms with E-state index in [1.54, 1.807) is 0 Å². The van der Waals surface area contributed by atoms with Crippen LogP contribution in [0.25, 0.3) is 0 Å². The number of aliphatic hydroxyl groups excluding tert-OH is 1. The van der Waals surface area contributed by atoms with Crippen molar-refractivity contribution < 1.29 is 14.6 Å². The average Bonchev–Trinajstić information content (AvgIpc) is 2.26. The second-order valence-electron chi connectivity index (χ2n) is 6.32. The summed E-state index contributed by atoms with van der Waals surface area (Å²) in [5, 5.41) is 12.9. The van der Waals surface area contributed by atoms with Crippen LogP contribution in [0, 0.1) is 5.92 Å². The maximum atomic E-state index is 11.6. The Bertz CT molecular complexity index is 267. The van der Waals surface area contributed by atoms with Crippen LogP contribution >= 0.6 is 0 Å². The zero-order valence-corrected chi connectivity index (χ0v) is 12.0. The fourth-order valence-electron chi connectivity index (χ4n) is 2.46. The normalized spacial score (nSPS) is 21.2. The minimum atomic E-state index is -0.500. The van der Waals surface area contributed by atoms with Gasteiger partial charge >= 0.3 is 6.09 Å². The van der Waals surface area contributed by atoms with Crippen LogP contribution in [0.3, 0.4) is 0 Å². The fraction of sp³-hybridized carbons (Fsp3) is 0.929. The maximum absolute atomic E-state index is 11.6. The van der Waals surface area contributed by atoms with Crippen molar-refractivity contribution in [1.29, 1.82) is 0 Å². The Morgan fingerprint density at radius 2 is 1.83 bits per heavy atom. The van der Waals surface area contributed by atoms with Crippen LogP contribution in [0.2, 0.25) is 0 Å². The first-order valence-corrected chi connectivity index (χ1v) is 6.97. The molecule has 0 aliphatic heterocycles. The summed E-state index contributed by atoms with van der Waals surface area (Å²) in [6.07, 6.45) is 4.81. The van der Waals surface area contributed by atoms with Gasteiger partial charge in [-0.1, -0.05) is 19.3 Å². The van der Waals surface area contributed by atoms with Gasteiger partial charge in [-0.05, 0) is 46.5 Å². The predicted octanol–water partition coefficient (Wildman–Crippen LogP) is 2.84. The molecule has 4 nitrogen and oxygen atoms in total. The van der Waals surface area contributed by atoms with Crippen molar-refractivity contribution in [3.8, 4) is 0 Å². The van der Waals surface area contributed by atoms with Gasteiger partial charge in [-0.25, -0.2) is 4.79 Å². The van der Waals surface area contributed by atoms with Gasteiger partial charge in [0.15, 0.2) is 0 Å². The lowest BCUT2D eigenvalue weighted by molar-refractivity contribution is 0.0291. The summed E-state index contributed by atoms with van der Waals surface area (Å²) < 4.78 is 5.18. The van der Waals surface area contributed by atoms with Crippen molar-refractivity contribution in [2.24, 2.45) is 5.92 Å². The van der Waals surface area contributed by atoms with Crippen molar-refractivity contribution in [2.45, 2.75) is 77.5 Å². The van der Waals surface area contributed by atoms with E-state index in [0.29, 0.717) is 5.92 Å². The molecule has 0 bridgehead atoms. The lowest BCUT2D eigenvalue weighted by atomic mass is 9.83. The molecule has 1 aliphatic rings. The van der Waals surface area contributed by atoms with E-state index in [1.165, 1.54) is 19.3 Å². The number of alkyl carbamates (subject to hydrolysis) is 1. The van der Waals surface area contributed by atoms with E-state index in [0.717, 1.165) is 12.8 Å². The molecule has 1 rings (SSSR count). The van der Waals surface area contributed by atoms with Crippen LogP contribution in [0.15, 0.2) is 0 Å². The SMILES string of the molecule is C[C@H](NC(=O)OC(C)(C)C)[C@H](O)C1CCCCC1. The summed E-state index contributed by atoms with van der Waals surface area (Å²) >= 11 is 0. The molecule has 2 N–H and O–H groups in total. The highest BCUT2D eigenvalue weighted by Gasteiger charge is 2.28. The van der Waals surface area contributed by atoms with Gasteiger partial charge in [0.1, 0.15) is 5.60 Å². The first-order chi connectivity index (χ1) is 8.29. The zero-order chi connectivity index (χ0) is 13.8. The van der Waals surface area contributed by atoms with Crippen molar-refractivity contribution >= 4 is 6.09 Å². The highest BCUT2D eigenvalue weighted by Crippen LogP contribution is 2.27. The third-order valence-electron chi connectivity index (χ3n) is 3.39. The number of rotatable bonds is 3. The van der Waals surface area contributed by atoms with Gasteiger partial charge in [0, 0.05) is 0 Å². The van der Waals surface area contributed by atoms with Crippen LogP contribution < -0.4 is 5.32 Å². The topological polar surface area (TPSA) is 58.6 Å². The minimum Gasteiger partial charge on any atom is -0.444 e. The Balaban J connectivity index is 2.38. The smallest absolute Gasteiger partial charge is 0.407 e. The van der Waals surface area contributed by atoms with Gasteiger partial charge in [0.05, 0.1) is 12.1 Å². The molecular weight excluding hydrogens is 230 g/mol. The molecule has 18 heavy (non-hydrogen) atoms. The van der Waals surface area contributed by atoms with Gasteiger partial charge < -0.3 is 15.2 Å². The van der Waals surface area contributed by atoms with E-state index in [2.05, 4.69) is 5.32 Å². The number of ether oxygens (including phenoxy) is 1. The Hall–Kier alpha value is -0.770. The number of carbonyl (C=O) groups is 1. The van der Waals surface area contributed by atoms with E-state index in [1.807, 2.05) is 27.7 Å². The highest BCUT2D eigenvalue weighted by atomic mass is 16.6. The van der Waals surface area contributed by atoms with Gasteiger partial charge in [0.2, 0.25) is 0 Å². The molecule has 0 aromatic rings. The average molecular weight is 257 g/mol. The Morgan fingerprint density at radius 3 is 2.33 bits per heavy atom. The Kier molecular flexibility index (Phi) is 5.45. The molecule has 106 valence electrons. The number of carbonyl (C=O) groups excluding carboxylic acids is 1. The van der Waals surface area contributed by atoms with E-state index in [-0.39, 0.29) is 6.04 Å². The van der Waals surface area contributed by atoms with E-state index < -0.39 is 17.8 Å². The van der Waals surface area contributed by atoms with Gasteiger partial charge in [-0.3, -0.25) is 0 Å². The van der Waals surface area contributed by atoms with Crippen LogP contribution in [0.5, 0.6) is 0 Å². The summed E-state index contributed by atoms with van der Waals surface area (Å²) in [4.78, 5) is 11.6. The predicted molar refractivity (Wildman–Crippen MR) is 71.4 cm³/mol. The minimum absolute atomic E-state index is 0.261. The molecule has 0 unspecified atom stereocenters. The monoisotopic (exact) mass is 257 g/mol. The lowest BCUT2D eigenvalue weighted by Gasteiger charge is -2.31. The number of amides is 1. The van der Waals surface area contributed by atoms with Crippen LogP contribution in [-0.2, 0) is 4.74 Å². The summed E-state index contributed by atoms with van der Waals surface area (Å²) in [7, 11) is 0. The molecule has 2 atom stereocenters. The molecule has 1 saturated carbocycles. The number of nitrogens with one attached hydrogen (secondary N) is 1. The molecule has 0 aromatic carbocycles. The second-order valence-corrected chi connectivity index (χ2v) is 6.32. The summed E-state index contributed by atoms with van der Waals surface area (Å²) in [6.45, 7) is 7.32. The van der Waals surface area contributed by atoms with Crippen LogP contribution in [0.4, 0.5) is 4.79 Å². The Labute approximate surface area is 110 Å². The van der Waals surface area contributed by atoms with Crippen LogP contribution in [0.1, 0.15) is 59.8 Å². The van der Waals surface area contributed by atoms with E-state index in [9.17, 15) is 9.90 Å². The van der Waals surface area contributed by atoms with Gasteiger partial charge in [0.25, 0.3) is 0 Å². The summed E-state index contributed by atoms with van der Waals surface area (Å²) in [6, 6.07) is -0.261. The van der Waals surface area contributed by atoms with Crippen molar-refractivity contribution in [3.63, 3.8) is 0 Å². The molecule has 0 saturated heterocycles. The van der Waals surface area contributed by atoms with Crippen molar-refractivity contribution in [2.75, 3.05) is 0 Å². The zero-order valence-electron chi connectivity index (χ0n) is 12.0. The van der Waals surface area contributed by atoms with E-state index in [4.69, 9.17) is 4.74 Å². The largest absolute Gasteiger partial charge is 0.444 e. The van der Waals surface area contributed by atoms with Gasteiger partial charge in [-0.15, -0.1) is 0 Å². The fourth-order valence-corrected chi connectivity index (χ4v) is 2.46. The molecule has 0 spiro atoms. The van der Waals surface area contributed by atoms with Gasteiger partial charge in [-0.2, -0.15) is 0 Å². The summed E-state index contributed by atoms with van der Waals surface area (Å²) in [5.74, 6) is 0.309. The molecule has 0 aromatic heterocycles. The molecule has 1 fully saturated rings. The molecule has 1 aliphatic carbocycles. The quantitative estimate of drug-likeness (QED) is 0.817. The molecule has 1 amide bonds. The molecule has 0 radical (unpaired) electrons. The Morgan fingerprint density at radius 1 is 1.28 bits per heavy atom. The number of aliphatic hydroxyl groups is 1. The third-order valence-corrected chi connectivity index (χ3v) is 3.39. The molecule has 0 heterocycles. The first-order valence-electron chi connectivity index (χ1n) is 6.97. The lowest BCUT2D eigenvalue weighted by Crippen LogP contribution is -2.46. The highest BCUT2D eigenvalue weighted by molar-refractivity contribution is 5.68. The van der Waals surface area contributed by atoms with Crippen molar-refractivity contribution in [3.05, 3.63) is 0 Å². The van der Waals surface area contributed by atoms with E-state index >= 15 is 0 Å². The molecular formula is C14H27NO3. The number of hydrogen-bond acceptors (Lipinski definition) is 3. The number of hydrogen-bond donors (Lipinski definition) is 2. The maximum Gasteiger partial charge on any atom is 0.407 e.